The molecule has 19 heavy (non-hydrogen) atoms. The quantitative estimate of drug-likeness (QED) is 0.794. The van der Waals surface area contributed by atoms with E-state index in [2.05, 4.69) is 15.9 Å². The number of nitriles is 1. The maximum absolute atomic E-state index is 11.9. The van der Waals surface area contributed by atoms with Crippen molar-refractivity contribution < 1.29 is 14.3 Å². The number of halogens is 1. The lowest BCUT2D eigenvalue weighted by molar-refractivity contribution is -0.151. The van der Waals surface area contributed by atoms with Crippen molar-refractivity contribution in [3.05, 3.63) is 34.3 Å². The molecule has 1 aromatic carbocycles. The standard InChI is InChI=1S/C13H13BrN2O3/c1-16(11(17)6-7-15)12(13(18)19-2)9-4-3-5-10(14)8-9/h3-5,8,12H,6H2,1-2H3/t12-/m1/s1. The fraction of sp³-hybridized carbons (Fsp3) is 0.308. The summed E-state index contributed by atoms with van der Waals surface area (Å²) in [5.74, 6) is -0.982. The van der Waals surface area contributed by atoms with E-state index in [9.17, 15) is 9.59 Å². The van der Waals surface area contributed by atoms with E-state index in [4.69, 9.17) is 10.00 Å². The van der Waals surface area contributed by atoms with Gasteiger partial charge in [-0.05, 0) is 17.7 Å². The highest BCUT2D eigenvalue weighted by atomic mass is 79.9. The fourth-order valence-electron chi connectivity index (χ4n) is 1.64. The summed E-state index contributed by atoms with van der Waals surface area (Å²) in [5.41, 5.74) is 0.620. The van der Waals surface area contributed by atoms with Crippen LogP contribution in [0.1, 0.15) is 18.0 Å². The Morgan fingerprint density at radius 3 is 2.74 bits per heavy atom. The summed E-state index contributed by atoms with van der Waals surface area (Å²) in [4.78, 5) is 24.8. The van der Waals surface area contributed by atoms with Crippen LogP contribution >= 0.6 is 15.9 Å². The Bertz CT molecular complexity index is 525. The summed E-state index contributed by atoms with van der Waals surface area (Å²) < 4.78 is 5.52. The van der Waals surface area contributed by atoms with Crippen molar-refractivity contribution in [2.75, 3.05) is 14.2 Å². The second-order valence-corrected chi connectivity index (χ2v) is 4.74. The number of esters is 1. The van der Waals surface area contributed by atoms with E-state index < -0.39 is 17.9 Å². The average molecular weight is 325 g/mol. The minimum atomic E-state index is -0.858. The van der Waals surface area contributed by atoms with Crippen LogP contribution in [0.4, 0.5) is 0 Å². The Morgan fingerprint density at radius 2 is 2.21 bits per heavy atom. The molecule has 0 bridgehead atoms. The molecule has 6 heteroatoms. The van der Waals surface area contributed by atoms with Gasteiger partial charge in [0.15, 0.2) is 6.04 Å². The number of hydrogen-bond acceptors (Lipinski definition) is 4. The number of carbonyl (C=O) groups is 2. The molecule has 5 nitrogen and oxygen atoms in total. The lowest BCUT2D eigenvalue weighted by atomic mass is 10.1. The van der Waals surface area contributed by atoms with E-state index in [-0.39, 0.29) is 6.42 Å². The maximum Gasteiger partial charge on any atom is 0.333 e. The molecule has 0 aromatic heterocycles. The van der Waals surface area contributed by atoms with E-state index in [0.29, 0.717) is 5.56 Å². The summed E-state index contributed by atoms with van der Waals surface area (Å²) in [6, 6.07) is 7.95. The number of carbonyl (C=O) groups excluding carboxylic acids is 2. The molecule has 0 saturated carbocycles. The molecule has 0 N–H and O–H groups in total. The fourth-order valence-corrected chi connectivity index (χ4v) is 2.06. The zero-order chi connectivity index (χ0) is 14.4. The molecule has 0 radical (unpaired) electrons. The van der Waals surface area contributed by atoms with Crippen LogP contribution in [0.5, 0.6) is 0 Å². The van der Waals surface area contributed by atoms with Gasteiger partial charge in [0.25, 0.3) is 0 Å². The van der Waals surface area contributed by atoms with Crippen molar-refractivity contribution in [1.29, 1.82) is 5.26 Å². The Balaban J connectivity index is 3.12. The summed E-state index contributed by atoms with van der Waals surface area (Å²) in [6.45, 7) is 0. The van der Waals surface area contributed by atoms with Crippen LogP contribution in [0, 0.1) is 11.3 Å². The van der Waals surface area contributed by atoms with Crippen LogP contribution in [-0.4, -0.2) is 30.9 Å². The van der Waals surface area contributed by atoms with Gasteiger partial charge in [0.2, 0.25) is 5.91 Å². The summed E-state index contributed by atoms with van der Waals surface area (Å²) >= 11 is 3.31. The van der Waals surface area contributed by atoms with Gasteiger partial charge in [-0.1, -0.05) is 28.1 Å². The lowest BCUT2D eigenvalue weighted by Crippen LogP contribution is -2.36. The Kier molecular flexibility index (Phi) is 5.52. The third-order valence-electron chi connectivity index (χ3n) is 2.60. The van der Waals surface area contributed by atoms with Gasteiger partial charge < -0.3 is 9.64 Å². The lowest BCUT2D eigenvalue weighted by Gasteiger charge is -2.25. The van der Waals surface area contributed by atoms with Gasteiger partial charge in [0.05, 0.1) is 13.2 Å². The first-order valence-corrected chi connectivity index (χ1v) is 6.26. The molecule has 100 valence electrons. The molecule has 0 aliphatic carbocycles. The topological polar surface area (TPSA) is 70.4 Å². The van der Waals surface area contributed by atoms with Gasteiger partial charge in [-0.15, -0.1) is 0 Å². The van der Waals surface area contributed by atoms with Crippen LogP contribution < -0.4 is 0 Å². The van der Waals surface area contributed by atoms with Gasteiger partial charge in [-0.2, -0.15) is 5.26 Å². The molecule has 1 amide bonds. The smallest absolute Gasteiger partial charge is 0.333 e. The normalized spacial score (nSPS) is 11.3. The number of rotatable bonds is 4. The highest BCUT2D eigenvalue weighted by Crippen LogP contribution is 2.24. The van der Waals surface area contributed by atoms with Gasteiger partial charge in [0, 0.05) is 11.5 Å². The zero-order valence-electron chi connectivity index (χ0n) is 10.6. The van der Waals surface area contributed by atoms with Gasteiger partial charge in [-0.3, -0.25) is 4.79 Å². The highest BCUT2D eigenvalue weighted by Gasteiger charge is 2.29. The number of amides is 1. The highest BCUT2D eigenvalue weighted by molar-refractivity contribution is 9.10. The van der Waals surface area contributed by atoms with Crippen molar-refractivity contribution in [3.8, 4) is 6.07 Å². The van der Waals surface area contributed by atoms with Crippen molar-refractivity contribution >= 4 is 27.8 Å². The van der Waals surface area contributed by atoms with Gasteiger partial charge in [-0.25, -0.2) is 4.79 Å². The third kappa shape index (κ3) is 3.80. The molecule has 0 saturated heterocycles. The molecule has 1 atom stereocenters. The average Bonchev–Trinajstić information content (AvgIpc) is 2.39. The Labute approximate surface area is 119 Å². The van der Waals surface area contributed by atoms with E-state index in [1.165, 1.54) is 19.1 Å². The number of hydrogen-bond donors (Lipinski definition) is 0. The van der Waals surface area contributed by atoms with E-state index in [0.717, 1.165) is 4.47 Å². The molecular weight excluding hydrogens is 312 g/mol. The van der Waals surface area contributed by atoms with Gasteiger partial charge >= 0.3 is 5.97 Å². The molecule has 0 fully saturated rings. The minimum Gasteiger partial charge on any atom is -0.467 e. The van der Waals surface area contributed by atoms with Crippen molar-refractivity contribution in [2.24, 2.45) is 0 Å². The second kappa shape index (κ2) is 6.90. The molecule has 1 rings (SSSR count). The molecule has 0 unspecified atom stereocenters. The molecule has 0 spiro atoms. The summed E-state index contributed by atoms with van der Waals surface area (Å²) in [5, 5.41) is 8.56. The first-order chi connectivity index (χ1) is 9.01. The van der Waals surface area contributed by atoms with Crippen molar-refractivity contribution in [3.63, 3.8) is 0 Å². The Hall–Kier alpha value is -1.87. The molecule has 1 aromatic rings. The largest absolute Gasteiger partial charge is 0.467 e. The van der Waals surface area contributed by atoms with E-state index >= 15 is 0 Å². The van der Waals surface area contributed by atoms with Crippen molar-refractivity contribution in [1.82, 2.24) is 4.90 Å². The van der Waals surface area contributed by atoms with Crippen LogP contribution in [0.2, 0.25) is 0 Å². The Morgan fingerprint density at radius 1 is 1.53 bits per heavy atom. The van der Waals surface area contributed by atoms with Crippen LogP contribution in [0.25, 0.3) is 0 Å². The monoisotopic (exact) mass is 324 g/mol. The predicted octanol–water partition coefficient (Wildman–Crippen LogP) is 2.04. The molecule has 0 heterocycles. The van der Waals surface area contributed by atoms with Gasteiger partial charge in [0.1, 0.15) is 6.42 Å². The third-order valence-corrected chi connectivity index (χ3v) is 3.09. The summed E-state index contributed by atoms with van der Waals surface area (Å²) in [7, 11) is 2.73. The number of ether oxygens (including phenoxy) is 1. The van der Waals surface area contributed by atoms with Crippen LogP contribution in [0.3, 0.4) is 0 Å². The SMILES string of the molecule is COC(=O)[C@@H](c1cccc(Br)c1)N(C)C(=O)CC#N. The maximum atomic E-state index is 11.9. The number of likely N-dealkylation sites (N-methyl/N-ethyl adjacent to an activating group) is 1. The second-order valence-electron chi connectivity index (χ2n) is 3.82. The molecule has 0 aliphatic rings. The van der Waals surface area contributed by atoms with Crippen LogP contribution in [0.15, 0.2) is 28.7 Å². The van der Waals surface area contributed by atoms with Crippen LogP contribution in [-0.2, 0) is 14.3 Å². The predicted molar refractivity (Wildman–Crippen MR) is 71.9 cm³/mol. The summed E-state index contributed by atoms with van der Waals surface area (Å²) in [6.07, 6.45) is -0.280. The number of benzene rings is 1. The minimum absolute atomic E-state index is 0.280. The molecular formula is C13H13BrN2O3. The zero-order valence-corrected chi connectivity index (χ0v) is 12.2. The van der Waals surface area contributed by atoms with E-state index in [1.807, 2.05) is 6.07 Å². The first-order valence-electron chi connectivity index (χ1n) is 5.47. The number of nitrogens with zero attached hydrogens (tertiary/aromatic N) is 2. The molecule has 0 aliphatic heterocycles. The van der Waals surface area contributed by atoms with Crippen molar-refractivity contribution in [2.45, 2.75) is 12.5 Å². The van der Waals surface area contributed by atoms with E-state index in [1.54, 1.807) is 24.3 Å². The number of methoxy groups -OCH3 is 1. The first kappa shape index (κ1) is 15.2.